The SMILES string of the molecule is COc1cccc(CO[C@H](C)C(=O)NCC(=O)N2CCCCC2)c1. The molecule has 6 heteroatoms. The van der Waals surface area contributed by atoms with Crippen LogP contribution in [0.15, 0.2) is 24.3 Å². The topological polar surface area (TPSA) is 67.9 Å². The summed E-state index contributed by atoms with van der Waals surface area (Å²) in [5.41, 5.74) is 0.929. The molecule has 0 bridgehead atoms. The van der Waals surface area contributed by atoms with Gasteiger partial charge in [-0.25, -0.2) is 0 Å². The molecule has 2 rings (SSSR count). The van der Waals surface area contributed by atoms with Crippen LogP contribution < -0.4 is 10.1 Å². The van der Waals surface area contributed by atoms with E-state index in [1.54, 1.807) is 14.0 Å². The quantitative estimate of drug-likeness (QED) is 0.824. The third-order valence-electron chi connectivity index (χ3n) is 4.13. The number of benzene rings is 1. The van der Waals surface area contributed by atoms with Gasteiger partial charge in [0, 0.05) is 13.1 Å². The molecule has 0 aliphatic carbocycles. The summed E-state index contributed by atoms with van der Waals surface area (Å²) in [5.74, 6) is 0.451. The lowest BCUT2D eigenvalue weighted by Gasteiger charge is -2.27. The number of carbonyl (C=O) groups excluding carboxylic acids is 2. The van der Waals surface area contributed by atoms with Crippen LogP contribution in [0.5, 0.6) is 5.75 Å². The summed E-state index contributed by atoms with van der Waals surface area (Å²) in [6, 6.07) is 7.50. The van der Waals surface area contributed by atoms with Crippen molar-refractivity contribution in [3.8, 4) is 5.75 Å². The van der Waals surface area contributed by atoms with Crippen molar-refractivity contribution in [2.24, 2.45) is 0 Å². The Morgan fingerprint density at radius 3 is 2.71 bits per heavy atom. The maximum Gasteiger partial charge on any atom is 0.249 e. The summed E-state index contributed by atoms with van der Waals surface area (Å²) in [6.07, 6.45) is 2.63. The summed E-state index contributed by atoms with van der Waals surface area (Å²) in [5, 5.41) is 2.66. The van der Waals surface area contributed by atoms with E-state index in [2.05, 4.69) is 5.32 Å². The Balaban J connectivity index is 1.72. The van der Waals surface area contributed by atoms with Gasteiger partial charge in [0.05, 0.1) is 20.3 Å². The monoisotopic (exact) mass is 334 g/mol. The van der Waals surface area contributed by atoms with Gasteiger partial charge in [0.15, 0.2) is 0 Å². The van der Waals surface area contributed by atoms with E-state index >= 15 is 0 Å². The van der Waals surface area contributed by atoms with Crippen molar-refractivity contribution in [1.29, 1.82) is 0 Å². The molecule has 24 heavy (non-hydrogen) atoms. The highest BCUT2D eigenvalue weighted by molar-refractivity contribution is 5.86. The Kier molecular flexibility index (Phi) is 7.06. The number of methoxy groups -OCH3 is 1. The fourth-order valence-corrected chi connectivity index (χ4v) is 2.62. The lowest BCUT2D eigenvalue weighted by Crippen LogP contribution is -2.44. The van der Waals surface area contributed by atoms with Crippen LogP contribution in [0.4, 0.5) is 0 Å². The van der Waals surface area contributed by atoms with E-state index < -0.39 is 6.10 Å². The zero-order valence-corrected chi connectivity index (χ0v) is 14.4. The minimum absolute atomic E-state index is 0.0250. The Bertz CT molecular complexity index is 556. The number of nitrogens with zero attached hydrogens (tertiary/aromatic N) is 1. The van der Waals surface area contributed by atoms with Gasteiger partial charge in [0.25, 0.3) is 0 Å². The average Bonchev–Trinajstić information content (AvgIpc) is 2.64. The standard InChI is InChI=1S/C18H26N2O4/c1-14(24-13-15-7-6-8-16(11-15)23-2)18(22)19-12-17(21)20-9-4-3-5-10-20/h6-8,11,14H,3-5,9-10,12-13H2,1-2H3,(H,19,22)/t14-/m1/s1. The molecule has 0 radical (unpaired) electrons. The number of amides is 2. The summed E-state index contributed by atoms with van der Waals surface area (Å²) in [7, 11) is 1.61. The minimum Gasteiger partial charge on any atom is -0.497 e. The molecule has 1 N–H and O–H groups in total. The Morgan fingerprint density at radius 1 is 1.25 bits per heavy atom. The second-order valence-electron chi connectivity index (χ2n) is 5.96. The van der Waals surface area contributed by atoms with Crippen molar-refractivity contribution in [2.45, 2.75) is 38.9 Å². The molecule has 1 fully saturated rings. The molecule has 1 saturated heterocycles. The highest BCUT2D eigenvalue weighted by Gasteiger charge is 2.19. The van der Waals surface area contributed by atoms with Gasteiger partial charge >= 0.3 is 0 Å². The van der Waals surface area contributed by atoms with Crippen molar-refractivity contribution < 1.29 is 19.1 Å². The first-order valence-corrected chi connectivity index (χ1v) is 8.40. The predicted octanol–water partition coefficient (Wildman–Crippen LogP) is 1.73. The van der Waals surface area contributed by atoms with E-state index in [0.29, 0.717) is 6.61 Å². The summed E-state index contributed by atoms with van der Waals surface area (Å²) in [4.78, 5) is 25.9. The van der Waals surface area contributed by atoms with Gasteiger partial charge in [0.1, 0.15) is 11.9 Å². The van der Waals surface area contributed by atoms with E-state index in [-0.39, 0.29) is 18.4 Å². The van der Waals surface area contributed by atoms with E-state index in [0.717, 1.165) is 37.2 Å². The van der Waals surface area contributed by atoms with Gasteiger partial charge in [-0.15, -0.1) is 0 Å². The normalized spacial score (nSPS) is 15.7. The van der Waals surface area contributed by atoms with Gasteiger partial charge in [0.2, 0.25) is 11.8 Å². The molecule has 0 spiro atoms. The van der Waals surface area contributed by atoms with Crippen LogP contribution in [-0.4, -0.2) is 49.6 Å². The lowest BCUT2D eigenvalue weighted by molar-refractivity contribution is -0.137. The Labute approximate surface area is 143 Å². The fourth-order valence-electron chi connectivity index (χ4n) is 2.62. The van der Waals surface area contributed by atoms with Gasteiger partial charge < -0.3 is 19.7 Å². The van der Waals surface area contributed by atoms with E-state index in [1.165, 1.54) is 6.42 Å². The smallest absolute Gasteiger partial charge is 0.249 e. The number of nitrogens with one attached hydrogen (secondary N) is 1. The van der Waals surface area contributed by atoms with Crippen LogP contribution in [0.25, 0.3) is 0 Å². The van der Waals surface area contributed by atoms with Gasteiger partial charge in [-0.2, -0.15) is 0 Å². The molecule has 2 amide bonds. The first kappa shape index (κ1) is 18.3. The molecule has 132 valence electrons. The van der Waals surface area contributed by atoms with Crippen molar-refractivity contribution in [2.75, 3.05) is 26.7 Å². The Hall–Kier alpha value is -2.08. The number of piperidine rings is 1. The second-order valence-corrected chi connectivity index (χ2v) is 5.96. The number of rotatable bonds is 7. The molecule has 1 heterocycles. The number of hydrogen-bond acceptors (Lipinski definition) is 4. The van der Waals surface area contributed by atoms with Crippen LogP contribution in [0, 0.1) is 0 Å². The van der Waals surface area contributed by atoms with Crippen LogP contribution in [0.2, 0.25) is 0 Å². The van der Waals surface area contributed by atoms with Crippen LogP contribution >= 0.6 is 0 Å². The van der Waals surface area contributed by atoms with E-state index in [9.17, 15) is 9.59 Å². The molecule has 0 unspecified atom stereocenters. The molecule has 1 aliphatic heterocycles. The zero-order valence-electron chi connectivity index (χ0n) is 14.4. The predicted molar refractivity (Wildman–Crippen MR) is 90.7 cm³/mol. The minimum atomic E-state index is -0.620. The van der Waals surface area contributed by atoms with E-state index in [4.69, 9.17) is 9.47 Å². The molecule has 6 nitrogen and oxygen atoms in total. The summed E-state index contributed by atoms with van der Waals surface area (Å²) < 4.78 is 10.7. The van der Waals surface area contributed by atoms with Crippen molar-refractivity contribution in [3.63, 3.8) is 0 Å². The molecule has 1 aromatic rings. The van der Waals surface area contributed by atoms with Gasteiger partial charge in [-0.3, -0.25) is 9.59 Å². The van der Waals surface area contributed by atoms with Crippen LogP contribution in [-0.2, 0) is 20.9 Å². The second kappa shape index (κ2) is 9.27. The molecule has 1 aliphatic rings. The number of likely N-dealkylation sites (tertiary alicyclic amines) is 1. The third-order valence-corrected chi connectivity index (χ3v) is 4.13. The lowest BCUT2D eigenvalue weighted by atomic mass is 10.1. The maximum atomic E-state index is 12.0. The van der Waals surface area contributed by atoms with Crippen LogP contribution in [0.1, 0.15) is 31.7 Å². The molecule has 0 aromatic heterocycles. The first-order chi connectivity index (χ1) is 11.6. The van der Waals surface area contributed by atoms with E-state index in [1.807, 2.05) is 29.2 Å². The average molecular weight is 334 g/mol. The third kappa shape index (κ3) is 5.53. The molecular weight excluding hydrogens is 308 g/mol. The fraction of sp³-hybridized carbons (Fsp3) is 0.556. The highest BCUT2D eigenvalue weighted by atomic mass is 16.5. The molecule has 1 aromatic carbocycles. The molecule has 0 saturated carbocycles. The van der Waals surface area contributed by atoms with Crippen LogP contribution in [0.3, 0.4) is 0 Å². The Morgan fingerprint density at radius 2 is 2.00 bits per heavy atom. The number of hydrogen-bond donors (Lipinski definition) is 1. The maximum absolute atomic E-state index is 12.0. The first-order valence-electron chi connectivity index (χ1n) is 8.40. The summed E-state index contributed by atoms with van der Waals surface area (Å²) in [6.45, 7) is 3.60. The van der Waals surface area contributed by atoms with Gasteiger partial charge in [-0.1, -0.05) is 12.1 Å². The van der Waals surface area contributed by atoms with Crippen molar-refractivity contribution >= 4 is 11.8 Å². The number of carbonyl (C=O) groups is 2. The van der Waals surface area contributed by atoms with Crippen molar-refractivity contribution in [3.05, 3.63) is 29.8 Å². The van der Waals surface area contributed by atoms with Crippen molar-refractivity contribution in [1.82, 2.24) is 10.2 Å². The number of ether oxygens (including phenoxy) is 2. The molecule has 1 atom stereocenters. The largest absolute Gasteiger partial charge is 0.497 e. The van der Waals surface area contributed by atoms with Gasteiger partial charge in [-0.05, 0) is 43.9 Å². The highest BCUT2D eigenvalue weighted by Crippen LogP contribution is 2.14. The zero-order chi connectivity index (χ0) is 17.4. The molecular formula is C18H26N2O4. The summed E-state index contributed by atoms with van der Waals surface area (Å²) >= 11 is 0.